The molecule has 0 saturated heterocycles. The van der Waals surface area contributed by atoms with Crippen LogP contribution in [-0.2, 0) is 17.4 Å². The third kappa shape index (κ3) is 3.16. The van der Waals surface area contributed by atoms with Gasteiger partial charge < -0.3 is 4.74 Å². The molecule has 0 amide bonds. The van der Waals surface area contributed by atoms with Gasteiger partial charge in [0.2, 0.25) is 0 Å². The van der Waals surface area contributed by atoms with Gasteiger partial charge in [0.05, 0.1) is 11.5 Å². The Hall–Kier alpha value is -2.30. The lowest BCUT2D eigenvalue weighted by Gasteiger charge is -2.26. The lowest BCUT2D eigenvalue weighted by atomic mass is 9.86. The number of alkyl halides is 3. The third-order valence-electron chi connectivity index (χ3n) is 4.36. The molecule has 2 aromatic carbocycles. The van der Waals surface area contributed by atoms with E-state index in [9.17, 15) is 18.0 Å². The first kappa shape index (κ1) is 16.6. The molecule has 2 aromatic rings. The molecule has 0 aliphatic carbocycles. The number of carbonyl (C=O) groups excluding carboxylic acids is 1. The quantitative estimate of drug-likeness (QED) is 0.564. The zero-order chi connectivity index (χ0) is 17.5. The second kappa shape index (κ2) is 5.96. The fraction of sp³-hybridized carbons (Fsp3) is 0.316. The maximum absolute atomic E-state index is 12.7. The molecular weight excluding hydrogens is 317 g/mol. The molecule has 1 unspecified atom stereocenters. The highest BCUT2D eigenvalue weighted by Crippen LogP contribution is 2.35. The van der Waals surface area contributed by atoms with E-state index in [2.05, 4.69) is 0 Å². The normalized spacial score (nSPS) is 17.6. The molecule has 0 saturated carbocycles. The number of hydrogen-bond donors (Lipinski definition) is 0. The Bertz CT molecular complexity index is 761. The molecule has 5 heteroatoms. The van der Waals surface area contributed by atoms with E-state index in [-0.39, 0.29) is 17.8 Å². The molecule has 0 fully saturated rings. The maximum Gasteiger partial charge on any atom is 0.416 e. The number of esters is 1. The summed E-state index contributed by atoms with van der Waals surface area (Å²) in [5, 5.41) is 0. The van der Waals surface area contributed by atoms with Gasteiger partial charge in [-0.15, -0.1) is 0 Å². The van der Waals surface area contributed by atoms with Crippen LogP contribution in [0.15, 0.2) is 42.5 Å². The van der Waals surface area contributed by atoms with E-state index in [1.807, 2.05) is 19.9 Å². The molecule has 1 heterocycles. The van der Waals surface area contributed by atoms with E-state index in [1.165, 1.54) is 12.1 Å². The maximum atomic E-state index is 12.7. The van der Waals surface area contributed by atoms with Crippen molar-refractivity contribution in [2.45, 2.75) is 26.4 Å². The van der Waals surface area contributed by atoms with Crippen LogP contribution in [0.2, 0.25) is 0 Å². The first-order chi connectivity index (χ1) is 11.3. The summed E-state index contributed by atoms with van der Waals surface area (Å²) < 4.78 is 43.3. The molecule has 24 heavy (non-hydrogen) atoms. The minimum absolute atomic E-state index is 0.167. The van der Waals surface area contributed by atoms with Crippen molar-refractivity contribution in [3.05, 3.63) is 53.6 Å². The topological polar surface area (TPSA) is 26.3 Å². The van der Waals surface area contributed by atoms with Crippen LogP contribution in [0.5, 0.6) is 5.75 Å². The summed E-state index contributed by atoms with van der Waals surface area (Å²) in [4.78, 5) is 12.0. The van der Waals surface area contributed by atoms with Crippen LogP contribution in [-0.4, -0.2) is 5.97 Å². The van der Waals surface area contributed by atoms with Crippen LogP contribution < -0.4 is 4.74 Å². The van der Waals surface area contributed by atoms with Crippen molar-refractivity contribution in [1.29, 1.82) is 0 Å². The Balaban J connectivity index is 1.92. The van der Waals surface area contributed by atoms with Crippen molar-refractivity contribution < 1.29 is 22.7 Å². The van der Waals surface area contributed by atoms with Gasteiger partial charge in [-0.25, -0.2) is 0 Å². The van der Waals surface area contributed by atoms with E-state index < -0.39 is 11.7 Å². The van der Waals surface area contributed by atoms with Gasteiger partial charge in [-0.05, 0) is 53.3 Å². The smallest absolute Gasteiger partial charge is 0.416 e. The average molecular weight is 334 g/mol. The van der Waals surface area contributed by atoms with Gasteiger partial charge in [0.15, 0.2) is 0 Å². The number of rotatable bonds is 2. The zero-order valence-electron chi connectivity index (χ0n) is 13.4. The standard InChI is InChI=1S/C19H17F3O2/c1-11(2)16-10-14-9-13(5-8-17(14)24-18(16)23)12-3-6-15(7-4-12)19(20,21)22/h3-9,11,16H,10H2,1-2H3. The van der Waals surface area contributed by atoms with Crippen LogP contribution in [0, 0.1) is 11.8 Å². The van der Waals surface area contributed by atoms with E-state index in [4.69, 9.17) is 4.74 Å². The largest absolute Gasteiger partial charge is 0.426 e. The first-order valence-electron chi connectivity index (χ1n) is 7.78. The Labute approximate surface area is 138 Å². The molecule has 0 bridgehead atoms. The molecule has 0 radical (unpaired) electrons. The highest BCUT2D eigenvalue weighted by molar-refractivity contribution is 5.79. The van der Waals surface area contributed by atoms with E-state index in [1.54, 1.807) is 12.1 Å². The van der Waals surface area contributed by atoms with Crippen molar-refractivity contribution in [3.8, 4) is 16.9 Å². The van der Waals surface area contributed by atoms with Gasteiger partial charge in [0.25, 0.3) is 0 Å². The van der Waals surface area contributed by atoms with Gasteiger partial charge in [0.1, 0.15) is 5.75 Å². The van der Waals surface area contributed by atoms with Gasteiger partial charge in [-0.1, -0.05) is 32.0 Å². The number of fused-ring (bicyclic) bond motifs is 1. The summed E-state index contributed by atoms with van der Waals surface area (Å²) in [7, 11) is 0. The van der Waals surface area contributed by atoms with Crippen molar-refractivity contribution in [1.82, 2.24) is 0 Å². The fourth-order valence-corrected chi connectivity index (χ4v) is 2.88. The molecule has 2 nitrogen and oxygen atoms in total. The van der Waals surface area contributed by atoms with Crippen LogP contribution in [0.1, 0.15) is 25.0 Å². The summed E-state index contributed by atoms with van der Waals surface area (Å²) in [5.41, 5.74) is 1.75. The molecule has 126 valence electrons. The summed E-state index contributed by atoms with van der Waals surface area (Å²) in [6.07, 6.45) is -3.76. The van der Waals surface area contributed by atoms with Crippen molar-refractivity contribution in [3.63, 3.8) is 0 Å². The van der Waals surface area contributed by atoms with Crippen LogP contribution >= 0.6 is 0 Å². The Morgan fingerprint density at radius 1 is 1.04 bits per heavy atom. The molecule has 3 rings (SSSR count). The minimum Gasteiger partial charge on any atom is -0.426 e. The highest BCUT2D eigenvalue weighted by atomic mass is 19.4. The van der Waals surface area contributed by atoms with Crippen molar-refractivity contribution in [2.75, 3.05) is 0 Å². The molecule has 0 aromatic heterocycles. The Morgan fingerprint density at radius 2 is 1.67 bits per heavy atom. The van der Waals surface area contributed by atoms with Gasteiger partial charge in [-0.3, -0.25) is 4.79 Å². The summed E-state index contributed by atoms with van der Waals surface area (Å²) in [5.74, 6) is 0.285. The van der Waals surface area contributed by atoms with Gasteiger partial charge in [0, 0.05) is 0 Å². The molecule has 1 atom stereocenters. The number of hydrogen-bond acceptors (Lipinski definition) is 2. The summed E-state index contributed by atoms with van der Waals surface area (Å²) in [6.45, 7) is 3.94. The zero-order valence-corrected chi connectivity index (χ0v) is 13.4. The number of ether oxygens (including phenoxy) is 1. The Kier molecular flexibility index (Phi) is 4.11. The second-order valence-corrected chi connectivity index (χ2v) is 6.37. The fourth-order valence-electron chi connectivity index (χ4n) is 2.88. The van der Waals surface area contributed by atoms with E-state index in [0.29, 0.717) is 17.7 Å². The molecule has 1 aliphatic heterocycles. The van der Waals surface area contributed by atoms with Crippen molar-refractivity contribution in [2.24, 2.45) is 11.8 Å². The molecular formula is C19H17F3O2. The lowest BCUT2D eigenvalue weighted by Crippen LogP contribution is -2.31. The van der Waals surface area contributed by atoms with Crippen LogP contribution in [0.25, 0.3) is 11.1 Å². The second-order valence-electron chi connectivity index (χ2n) is 6.37. The van der Waals surface area contributed by atoms with Crippen LogP contribution in [0.3, 0.4) is 0 Å². The van der Waals surface area contributed by atoms with E-state index in [0.717, 1.165) is 23.3 Å². The van der Waals surface area contributed by atoms with Crippen molar-refractivity contribution >= 4 is 5.97 Å². The Morgan fingerprint density at radius 3 is 2.25 bits per heavy atom. The average Bonchev–Trinajstić information content (AvgIpc) is 2.53. The van der Waals surface area contributed by atoms with E-state index >= 15 is 0 Å². The monoisotopic (exact) mass is 334 g/mol. The first-order valence-corrected chi connectivity index (χ1v) is 7.78. The van der Waals surface area contributed by atoms with Gasteiger partial charge in [-0.2, -0.15) is 13.2 Å². The predicted molar refractivity (Wildman–Crippen MR) is 84.5 cm³/mol. The summed E-state index contributed by atoms with van der Waals surface area (Å²) in [6, 6.07) is 10.4. The lowest BCUT2D eigenvalue weighted by molar-refractivity contribution is -0.141. The predicted octanol–water partition coefficient (Wildman–Crippen LogP) is 5.11. The SMILES string of the molecule is CC(C)C1Cc2cc(-c3ccc(C(F)(F)F)cc3)ccc2OC1=O. The molecule has 1 aliphatic rings. The number of benzene rings is 2. The third-order valence-corrected chi connectivity index (χ3v) is 4.36. The minimum atomic E-state index is -4.34. The number of halogens is 3. The van der Waals surface area contributed by atoms with Crippen LogP contribution in [0.4, 0.5) is 13.2 Å². The van der Waals surface area contributed by atoms with Gasteiger partial charge >= 0.3 is 12.1 Å². The summed E-state index contributed by atoms with van der Waals surface area (Å²) >= 11 is 0. The highest BCUT2D eigenvalue weighted by Gasteiger charge is 2.31. The molecule has 0 spiro atoms. The molecule has 0 N–H and O–H groups in total. The number of carbonyl (C=O) groups is 1.